The van der Waals surface area contributed by atoms with E-state index in [9.17, 15) is 14.7 Å². The summed E-state index contributed by atoms with van der Waals surface area (Å²) in [6.07, 6.45) is 2.37. The number of anilines is 1. The highest BCUT2D eigenvalue weighted by Crippen LogP contribution is 2.42. The van der Waals surface area contributed by atoms with Gasteiger partial charge in [0, 0.05) is 5.92 Å². The summed E-state index contributed by atoms with van der Waals surface area (Å²) in [5.74, 6) is -0.561. The molecule has 1 fully saturated rings. The van der Waals surface area contributed by atoms with E-state index >= 15 is 0 Å². The Morgan fingerprint density at radius 2 is 2.00 bits per heavy atom. The molecule has 8 heteroatoms. The van der Waals surface area contributed by atoms with E-state index in [-0.39, 0.29) is 11.8 Å². The van der Waals surface area contributed by atoms with Gasteiger partial charge in [0.1, 0.15) is 17.2 Å². The second kappa shape index (κ2) is 7.83. The highest BCUT2D eigenvalue weighted by Gasteiger charge is 2.29. The van der Waals surface area contributed by atoms with Gasteiger partial charge in [-0.05, 0) is 25.2 Å². The molecule has 0 radical (unpaired) electrons. The van der Waals surface area contributed by atoms with Crippen molar-refractivity contribution < 1.29 is 14.7 Å². The molecular formula is C15H24N4O3S. The average molecular weight is 340 g/mol. The molecule has 2 unspecified atom stereocenters. The molecule has 1 aliphatic carbocycles. The zero-order valence-corrected chi connectivity index (χ0v) is 14.5. The van der Waals surface area contributed by atoms with E-state index in [1.807, 2.05) is 6.92 Å². The zero-order chi connectivity index (χ0) is 17.0. The minimum Gasteiger partial charge on any atom is -0.383 e. The maximum Gasteiger partial charge on any atom is 0.249 e. The van der Waals surface area contributed by atoms with Crippen LogP contribution in [0.3, 0.4) is 0 Å². The summed E-state index contributed by atoms with van der Waals surface area (Å²) in [5.41, 5.74) is 0. The zero-order valence-electron chi connectivity index (χ0n) is 13.7. The fraction of sp³-hybridized carbons (Fsp3) is 0.733. The predicted molar refractivity (Wildman–Crippen MR) is 88.2 cm³/mol. The predicted octanol–water partition coefficient (Wildman–Crippen LogP) is 1.66. The standard InChI is InChI=1S/C15H24N4O3S/c1-4-5-10(16-13(22)11(20)8(2)3)12(21)17-15-19-18-14(23-15)9-6-7-9/h8-11,20H,4-7H2,1-3H3,(H,16,22)(H,17,19,21). The molecule has 23 heavy (non-hydrogen) atoms. The third-order valence-corrected chi connectivity index (χ3v) is 4.71. The molecule has 1 aromatic rings. The highest BCUT2D eigenvalue weighted by molar-refractivity contribution is 7.15. The number of hydrogen-bond donors (Lipinski definition) is 3. The maximum absolute atomic E-state index is 12.4. The Morgan fingerprint density at radius 3 is 2.57 bits per heavy atom. The third kappa shape index (κ3) is 4.97. The van der Waals surface area contributed by atoms with Gasteiger partial charge in [-0.2, -0.15) is 0 Å². The SMILES string of the molecule is CCCC(NC(=O)C(O)C(C)C)C(=O)Nc1nnc(C2CC2)s1. The van der Waals surface area contributed by atoms with Crippen LogP contribution >= 0.6 is 11.3 Å². The van der Waals surface area contributed by atoms with Crippen molar-refractivity contribution in [3.8, 4) is 0 Å². The Hall–Kier alpha value is -1.54. The lowest BCUT2D eigenvalue weighted by Gasteiger charge is -2.20. The summed E-state index contributed by atoms with van der Waals surface area (Å²) in [4.78, 5) is 24.3. The van der Waals surface area contributed by atoms with Gasteiger partial charge in [0.15, 0.2) is 0 Å². The number of nitrogens with one attached hydrogen (secondary N) is 2. The first kappa shape index (κ1) is 17.8. The summed E-state index contributed by atoms with van der Waals surface area (Å²) >= 11 is 1.38. The number of carbonyl (C=O) groups is 2. The molecule has 128 valence electrons. The van der Waals surface area contributed by atoms with E-state index in [0.29, 0.717) is 17.5 Å². The van der Waals surface area contributed by atoms with E-state index in [1.54, 1.807) is 13.8 Å². The van der Waals surface area contributed by atoms with Crippen molar-refractivity contribution in [2.75, 3.05) is 5.32 Å². The number of hydrogen-bond acceptors (Lipinski definition) is 6. The van der Waals surface area contributed by atoms with Crippen LogP contribution < -0.4 is 10.6 Å². The molecule has 1 aliphatic rings. The van der Waals surface area contributed by atoms with Gasteiger partial charge in [-0.3, -0.25) is 14.9 Å². The Bertz CT molecular complexity index is 557. The quantitative estimate of drug-likeness (QED) is 0.667. The molecule has 1 aromatic heterocycles. The molecule has 3 N–H and O–H groups in total. The van der Waals surface area contributed by atoms with Crippen molar-refractivity contribution in [1.29, 1.82) is 0 Å². The number of rotatable bonds is 8. The number of amides is 2. The Labute approximate surface area is 139 Å². The van der Waals surface area contributed by atoms with Gasteiger partial charge in [0.2, 0.25) is 16.9 Å². The maximum atomic E-state index is 12.4. The average Bonchev–Trinajstić information content (AvgIpc) is 3.26. The monoisotopic (exact) mass is 340 g/mol. The van der Waals surface area contributed by atoms with E-state index in [4.69, 9.17) is 0 Å². The van der Waals surface area contributed by atoms with Crippen molar-refractivity contribution >= 4 is 28.3 Å². The van der Waals surface area contributed by atoms with Crippen LogP contribution in [0.4, 0.5) is 5.13 Å². The third-order valence-electron chi connectivity index (χ3n) is 3.71. The number of nitrogens with zero attached hydrogens (tertiary/aromatic N) is 2. The van der Waals surface area contributed by atoms with Crippen LogP contribution in [-0.4, -0.2) is 39.3 Å². The summed E-state index contributed by atoms with van der Waals surface area (Å²) in [5, 5.41) is 24.6. The van der Waals surface area contributed by atoms with E-state index < -0.39 is 18.1 Å². The minimum atomic E-state index is -1.12. The normalized spacial score (nSPS) is 16.9. The van der Waals surface area contributed by atoms with Crippen molar-refractivity contribution in [1.82, 2.24) is 15.5 Å². The first-order chi connectivity index (χ1) is 10.9. The van der Waals surface area contributed by atoms with Gasteiger partial charge < -0.3 is 10.4 Å². The fourth-order valence-corrected chi connectivity index (χ4v) is 3.01. The lowest BCUT2D eigenvalue weighted by Crippen LogP contribution is -2.48. The van der Waals surface area contributed by atoms with Crippen molar-refractivity contribution in [2.45, 2.75) is 64.5 Å². The minimum absolute atomic E-state index is 0.204. The molecule has 0 saturated heterocycles. The molecule has 2 atom stereocenters. The Kier molecular flexibility index (Phi) is 6.06. The number of aliphatic hydroxyl groups is 1. The molecular weight excluding hydrogens is 316 g/mol. The Morgan fingerprint density at radius 1 is 1.30 bits per heavy atom. The molecule has 2 rings (SSSR count). The van der Waals surface area contributed by atoms with Crippen LogP contribution in [0.5, 0.6) is 0 Å². The van der Waals surface area contributed by atoms with Crippen molar-refractivity contribution in [3.05, 3.63) is 5.01 Å². The molecule has 0 aliphatic heterocycles. The van der Waals surface area contributed by atoms with E-state index in [1.165, 1.54) is 11.3 Å². The van der Waals surface area contributed by atoms with E-state index in [0.717, 1.165) is 24.3 Å². The molecule has 2 amide bonds. The molecule has 0 spiro atoms. The van der Waals surface area contributed by atoms with Gasteiger partial charge in [0.25, 0.3) is 0 Å². The van der Waals surface area contributed by atoms with Gasteiger partial charge in [-0.1, -0.05) is 38.5 Å². The van der Waals surface area contributed by atoms with Crippen LogP contribution in [0.2, 0.25) is 0 Å². The molecule has 1 heterocycles. The summed E-state index contributed by atoms with van der Waals surface area (Å²) in [6.45, 7) is 5.43. The fourth-order valence-electron chi connectivity index (χ4n) is 2.09. The first-order valence-electron chi connectivity index (χ1n) is 8.05. The summed E-state index contributed by atoms with van der Waals surface area (Å²) < 4.78 is 0. The largest absolute Gasteiger partial charge is 0.383 e. The van der Waals surface area contributed by atoms with Crippen LogP contribution in [-0.2, 0) is 9.59 Å². The van der Waals surface area contributed by atoms with Crippen LogP contribution in [0, 0.1) is 5.92 Å². The summed E-state index contributed by atoms with van der Waals surface area (Å²) in [7, 11) is 0. The van der Waals surface area contributed by atoms with Gasteiger partial charge in [0.05, 0.1) is 0 Å². The lowest BCUT2D eigenvalue weighted by atomic mass is 10.1. The number of carbonyl (C=O) groups excluding carboxylic acids is 2. The lowest BCUT2D eigenvalue weighted by molar-refractivity contribution is -0.134. The number of aromatic nitrogens is 2. The molecule has 1 saturated carbocycles. The highest BCUT2D eigenvalue weighted by atomic mass is 32.1. The first-order valence-corrected chi connectivity index (χ1v) is 8.86. The van der Waals surface area contributed by atoms with Crippen LogP contribution in [0.15, 0.2) is 0 Å². The smallest absolute Gasteiger partial charge is 0.249 e. The van der Waals surface area contributed by atoms with Crippen LogP contribution in [0.25, 0.3) is 0 Å². The van der Waals surface area contributed by atoms with Crippen molar-refractivity contribution in [2.24, 2.45) is 5.92 Å². The topological polar surface area (TPSA) is 104 Å². The molecule has 0 aromatic carbocycles. The summed E-state index contributed by atoms with van der Waals surface area (Å²) in [6, 6.07) is -0.686. The van der Waals surface area contributed by atoms with Gasteiger partial charge >= 0.3 is 0 Å². The second-order valence-electron chi connectivity index (χ2n) is 6.25. The molecule has 7 nitrogen and oxygen atoms in total. The van der Waals surface area contributed by atoms with E-state index in [2.05, 4.69) is 20.8 Å². The van der Waals surface area contributed by atoms with Crippen molar-refractivity contribution in [3.63, 3.8) is 0 Å². The molecule has 0 bridgehead atoms. The van der Waals surface area contributed by atoms with Gasteiger partial charge in [-0.25, -0.2) is 0 Å². The number of aliphatic hydroxyl groups excluding tert-OH is 1. The van der Waals surface area contributed by atoms with Crippen LogP contribution in [0.1, 0.15) is 57.4 Å². The second-order valence-corrected chi connectivity index (χ2v) is 7.26. The van der Waals surface area contributed by atoms with Gasteiger partial charge in [-0.15, -0.1) is 10.2 Å². The Balaban J connectivity index is 1.95.